The van der Waals surface area contributed by atoms with Crippen LogP contribution >= 0.6 is 0 Å². The highest BCUT2D eigenvalue weighted by atomic mass is 32.2. The van der Waals surface area contributed by atoms with Gasteiger partial charge in [-0.15, -0.1) is 10.2 Å². The van der Waals surface area contributed by atoms with Crippen LogP contribution in [0, 0.1) is 0 Å². The van der Waals surface area contributed by atoms with Crippen molar-refractivity contribution >= 4 is 21.6 Å². The number of hydrogen-bond acceptors (Lipinski definition) is 10. The Hall–Kier alpha value is -3.28. The molecule has 0 aliphatic carbocycles. The molecule has 4 rings (SSSR count). The Morgan fingerprint density at radius 3 is 2.56 bits per heavy atom. The Kier molecular flexibility index (Phi) is 5.96. The molecule has 3 aromatic heterocycles. The normalized spacial score (nSPS) is 15.2. The molecule has 1 aliphatic heterocycles. The van der Waals surface area contributed by atoms with Crippen LogP contribution in [-0.2, 0) is 16.3 Å². The van der Waals surface area contributed by atoms with Crippen LogP contribution in [-0.4, -0.2) is 72.0 Å². The van der Waals surface area contributed by atoms with Crippen LogP contribution in [0.2, 0.25) is 0 Å². The molecule has 1 aliphatic rings. The minimum Gasteiger partial charge on any atom is -0.440 e. The molecular weight excluding hydrogens is 436 g/mol. The van der Waals surface area contributed by atoms with Crippen LogP contribution in [0.3, 0.4) is 0 Å². The SMILES string of the molecule is CC(Cc1noc(-c2ccc(S(C)(=O)=O)o2)n1)N(C)C(=O)c1ccc(N2CCCC2)nn1. The number of carbonyl (C=O) groups is 1. The van der Waals surface area contributed by atoms with Crippen LogP contribution in [0.1, 0.15) is 36.1 Å². The first-order chi connectivity index (χ1) is 15.2. The van der Waals surface area contributed by atoms with E-state index in [0.29, 0.717) is 12.2 Å². The number of nitrogens with zero attached hydrogens (tertiary/aromatic N) is 6. The van der Waals surface area contributed by atoms with Crippen LogP contribution in [0.4, 0.5) is 5.82 Å². The Morgan fingerprint density at radius 1 is 1.19 bits per heavy atom. The number of hydrogen-bond donors (Lipinski definition) is 0. The average molecular weight is 461 g/mol. The van der Waals surface area contributed by atoms with E-state index in [-0.39, 0.29) is 34.4 Å². The molecule has 32 heavy (non-hydrogen) atoms. The molecule has 0 spiro atoms. The lowest BCUT2D eigenvalue weighted by molar-refractivity contribution is 0.0734. The fourth-order valence-electron chi connectivity index (χ4n) is 3.41. The molecule has 12 heteroatoms. The first kappa shape index (κ1) is 21.9. The maximum atomic E-state index is 12.8. The third-order valence-corrected chi connectivity index (χ3v) is 6.34. The lowest BCUT2D eigenvalue weighted by atomic mass is 10.2. The summed E-state index contributed by atoms with van der Waals surface area (Å²) in [6, 6.07) is 6.05. The maximum absolute atomic E-state index is 12.8. The summed E-state index contributed by atoms with van der Waals surface area (Å²) in [5.74, 6) is 1.12. The van der Waals surface area contributed by atoms with E-state index in [2.05, 4.69) is 25.2 Å². The Bertz CT molecular complexity index is 1200. The van der Waals surface area contributed by atoms with E-state index >= 15 is 0 Å². The highest BCUT2D eigenvalue weighted by Gasteiger charge is 2.23. The van der Waals surface area contributed by atoms with Gasteiger partial charge in [0.1, 0.15) is 0 Å². The fourth-order valence-corrected chi connectivity index (χ4v) is 3.96. The molecular formula is C20H24N6O5S. The lowest BCUT2D eigenvalue weighted by Crippen LogP contribution is -2.37. The number of likely N-dealkylation sites (N-methyl/N-ethyl adjacent to an activating group) is 1. The fraction of sp³-hybridized carbons (Fsp3) is 0.450. The van der Waals surface area contributed by atoms with Crippen LogP contribution < -0.4 is 4.90 Å². The van der Waals surface area contributed by atoms with Crippen LogP contribution in [0.15, 0.2) is 38.3 Å². The molecule has 1 atom stereocenters. The van der Waals surface area contributed by atoms with Gasteiger partial charge >= 0.3 is 0 Å². The number of amides is 1. The second-order valence-corrected chi connectivity index (χ2v) is 9.79. The van der Waals surface area contributed by atoms with Gasteiger partial charge in [-0.2, -0.15) is 4.98 Å². The quantitative estimate of drug-likeness (QED) is 0.513. The Labute approximate surface area is 185 Å². The van der Waals surface area contributed by atoms with E-state index in [9.17, 15) is 13.2 Å². The number of anilines is 1. The van der Waals surface area contributed by atoms with Crippen molar-refractivity contribution in [2.24, 2.45) is 0 Å². The van der Waals surface area contributed by atoms with Gasteiger partial charge in [-0.25, -0.2) is 8.42 Å². The summed E-state index contributed by atoms with van der Waals surface area (Å²) in [4.78, 5) is 20.8. The average Bonchev–Trinajstić information content (AvgIpc) is 3.53. The van der Waals surface area contributed by atoms with Gasteiger partial charge in [-0.1, -0.05) is 5.16 Å². The van der Waals surface area contributed by atoms with Gasteiger partial charge in [0.25, 0.3) is 11.8 Å². The number of carbonyl (C=O) groups excluding carboxylic acids is 1. The molecule has 1 fully saturated rings. The third kappa shape index (κ3) is 4.64. The number of sulfone groups is 1. The van der Waals surface area contributed by atoms with Crippen molar-refractivity contribution in [3.8, 4) is 11.7 Å². The molecule has 3 aromatic rings. The summed E-state index contributed by atoms with van der Waals surface area (Å²) in [6.07, 6.45) is 3.65. The minimum absolute atomic E-state index is 0.0689. The number of furan rings is 1. The first-order valence-corrected chi connectivity index (χ1v) is 12.1. The van der Waals surface area contributed by atoms with Crippen LogP contribution in [0.25, 0.3) is 11.7 Å². The van der Waals surface area contributed by atoms with Gasteiger partial charge in [0.05, 0.1) is 0 Å². The molecule has 0 radical (unpaired) electrons. The molecule has 170 valence electrons. The van der Waals surface area contributed by atoms with E-state index in [0.717, 1.165) is 38.0 Å². The molecule has 0 bridgehead atoms. The minimum atomic E-state index is -3.47. The van der Waals surface area contributed by atoms with Crippen LogP contribution in [0.5, 0.6) is 0 Å². The number of rotatable bonds is 7. The zero-order valence-corrected chi connectivity index (χ0v) is 18.9. The summed E-state index contributed by atoms with van der Waals surface area (Å²) in [5.41, 5.74) is 0.264. The van der Waals surface area contributed by atoms with E-state index < -0.39 is 9.84 Å². The highest BCUT2D eigenvalue weighted by Crippen LogP contribution is 2.23. The topological polar surface area (TPSA) is 136 Å². The van der Waals surface area contributed by atoms with E-state index in [4.69, 9.17) is 8.94 Å². The second-order valence-electron chi connectivity index (χ2n) is 7.85. The lowest BCUT2D eigenvalue weighted by Gasteiger charge is -2.23. The molecule has 0 aromatic carbocycles. The second kappa shape index (κ2) is 8.69. The summed E-state index contributed by atoms with van der Waals surface area (Å²) in [6.45, 7) is 3.77. The van der Waals surface area contributed by atoms with Gasteiger partial charge in [0.2, 0.25) is 14.9 Å². The monoisotopic (exact) mass is 460 g/mol. The van der Waals surface area contributed by atoms with Gasteiger partial charge in [0.15, 0.2) is 23.1 Å². The van der Waals surface area contributed by atoms with Crippen molar-refractivity contribution in [2.45, 2.75) is 37.3 Å². The summed E-state index contributed by atoms with van der Waals surface area (Å²) in [5, 5.41) is 12.0. The number of aromatic nitrogens is 4. The van der Waals surface area contributed by atoms with Crippen molar-refractivity contribution in [3.05, 3.63) is 35.8 Å². The van der Waals surface area contributed by atoms with E-state index in [1.54, 1.807) is 18.0 Å². The van der Waals surface area contributed by atoms with Gasteiger partial charge in [0, 0.05) is 38.9 Å². The molecule has 0 saturated carbocycles. The molecule has 4 heterocycles. The van der Waals surface area contributed by atoms with E-state index in [1.165, 1.54) is 12.1 Å². The van der Waals surface area contributed by atoms with Crippen molar-refractivity contribution in [3.63, 3.8) is 0 Å². The Morgan fingerprint density at radius 2 is 1.94 bits per heavy atom. The summed E-state index contributed by atoms with van der Waals surface area (Å²) < 4.78 is 33.6. The third-order valence-electron chi connectivity index (χ3n) is 5.38. The van der Waals surface area contributed by atoms with Gasteiger partial charge in [-0.3, -0.25) is 4.79 Å². The summed E-state index contributed by atoms with van der Waals surface area (Å²) in [7, 11) is -1.80. The molecule has 1 amide bonds. The predicted octanol–water partition coefficient (Wildman–Crippen LogP) is 1.83. The Balaban J connectivity index is 1.39. The van der Waals surface area contributed by atoms with Gasteiger partial charge < -0.3 is 18.7 Å². The molecule has 11 nitrogen and oxygen atoms in total. The summed E-state index contributed by atoms with van der Waals surface area (Å²) >= 11 is 0. The zero-order valence-electron chi connectivity index (χ0n) is 18.1. The molecule has 0 N–H and O–H groups in total. The largest absolute Gasteiger partial charge is 0.440 e. The predicted molar refractivity (Wildman–Crippen MR) is 114 cm³/mol. The van der Waals surface area contributed by atoms with Crippen molar-refractivity contribution in [1.29, 1.82) is 0 Å². The standard InChI is InChI=1S/C20H24N6O5S/c1-13(12-16-21-19(31-24-16)15-7-9-18(30-15)32(3,28)29)25(2)20(27)14-6-8-17(23-22-14)26-10-4-5-11-26/h6-9,13H,4-5,10-12H2,1-3H3. The highest BCUT2D eigenvalue weighted by molar-refractivity contribution is 7.90. The first-order valence-electron chi connectivity index (χ1n) is 10.2. The maximum Gasteiger partial charge on any atom is 0.293 e. The zero-order chi connectivity index (χ0) is 22.9. The molecule has 1 saturated heterocycles. The molecule has 1 unspecified atom stereocenters. The van der Waals surface area contributed by atoms with Gasteiger partial charge in [-0.05, 0) is 44.0 Å². The smallest absolute Gasteiger partial charge is 0.293 e. The van der Waals surface area contributed by atoms with Crippen molar-refractivity contribution < 1.29 is 22.2 Å². The van der Waals surface area contributed by atoms with Crippen molar-refractivity contribution in [2.75, 3.05) is 31.3 Å². The van der Waals surface area contributed by atoms with Crippen molar-refractivity contribution in [1.82, 2.24) is 25.2 Å². The van der Waals surface area contributed by atoms with E-state index in [1.807, 2.05) is 13.0 Å².